The van der Waals surface area contributed by atoms with Crippen molar-refractivity contribution in [1.29, 1.82) is 0 Å². The molecule has 0 heterocycles. The number of hydrogen-bond acceptors (Lipinski definition) is 12. The van der Waals surface area contributed by atoms with Crippen LogP contribution in [-0.4, -0.2) is 51.4 Å². The van der Waals surface area contributed by atoms with Crippen molar-refractivity contribution in [3.05, 3.63) is 47.5 Å². The highest BCUT2D eigenvalue weighted by Crippen LogP contribution is 2.30. The van der Waals surface area contributed by atoms with Gasteiger partial charge in [0.25, 0.3) is 0 Å². The summed E-state index contributed by atoms with van der Waals surface area (Å²) in [5.41, 5.74) is -5.76. The molecule has 0 unspecified atom stereocenters. The van der Waals surface area contributed by atoms with Crippen LogP contribution in [0, 0.1) is 0 Å². The molecule has 0 saturated carbocycles. The van der Waals surface area contributed by atoms with Gasteiger partial charge in [-0.25, -0.2) is 0 Å². The van der Waals surface area contributed by atoms with Gasteiger partial charge in [-0.05, 0) is 24.3 Å². The van der Waals surface area contributed by atoms with Crippen LogP contribution in [0.3, 0.4) is 0 Å². The van der Waals surface area contributed by atoms with Crippen LogP contribution in [0.15, 0.2) is 36.4 Å². The summed E-state index contributed by atoms with van der Waals surface area (Å²) < 4.78 is 88.1. The zero-order valence-corrected chi connectivity index (χ0v) is 20.8. The van der Waals surface area contributed by atoms with E-state index in [1.54, 1.807) is 0 Å². The van der Waals surface area contributed by atoms with E-state index in [1.807, 2.05) is 0 Å². The minimum Gasteiger partial charge on any atom is -0.508 e. The summed E-state index contributed by atoms with van der Waals surface area (Å²) in [5, 5.41) is 17.6. The maximum Gasteiger partial charge on any atom is 0.534 e. The van der Waals surface area contributed by atoms with E-state index in [4.69, 9.17) is 10.2 Å². The fraction of sp³-hybridized carbons (Fsp3) is 0.125. The van der Waals surface area contributed by atoms with E-state index in [-0.39, 0.29) is 42.4 Å². The minimum atomic E-state index is -5.96. The Bertz CT molecular complexity index is 1180. The molecule has 190 valence electrons. The molecule has 10 nitrogen and oxygen atoms in total. The number of carbonyl (C=O) groups is 2. The lowest BCUT2D eigenvalue weighted by Crippen LogP contribution is -2.28. The van der Waals surface area contributed by atoms with Crippen LogP contribution >= 0.6 is 13.5 Å². The average Bonchev–Trinajstić information content (AvgIpc) is 2.66. The van der Waals surface area contributed by atoms with Gasteiger partial charge in [-0.2, -0.15) is 43.5 Å². The monoisotopic (exact) mass is 584 g/mol. The van der Waals surface area contributed by atoms with E-state index >= 15 is 0 Å². The maximum absolute atomic E-state index is 12.2. The van der Waals surface area contributed by atoms with Gasteiger partial charge in [0.05, 0.1) is 6.26 Å². The normalized spacial score (nSPS) is 10.7. The van der Waals surface area contributed by atoms with Crippen LogP contribution in [0.2, 0.25) is 0 Å². The van der Waals surface area contributed by atoms with E-state index in [0.29, 0.717) is 24.7 Å². The third-order valence-corrected chi connectivity index (χ3v) is 4.31. The van der Waals surface area contributed by atoms with Crippen molar-refractivity contribution in [3.8, 4) is 23.0 Å². The second-order valence-corrected chi connectivity index (χ2v) is 8.64. The Hall–Kier alpha value is -2.54. The maximum atomic E-state index is 12.2. The summed E-state index contributed by atoms with van der Waals surface area (Å²) in [7, 11) is -9.99. The summed E-state index contributed by atoms with van der Waals surface area (Å²) in [6.07, 6.45) is 1.34. The summed E-state index contributed by atoms with van der Waals surface area (Å²) in [6, 6.07) is 5.83. The first kappa shape index (κ1) is 33.6. The third-order valence-electron chi connectivity index (χ3n) is 2.84. The lowest BCUT2D eigenvalue weighted by molar-refractivity contribution is -0.0500. The van der Waals surface area contributed by atoms with Crippen LogP contribution in [0.4, 0.5) is 13.2 Å². The number of aromatic hydroxyl groups is 2. The topological polar surface area (TPSA) is 161 Å². The number of aldehydes is 2. The van der Waals surface area contributed by atoms with Crippen molar-refractivity contribution in [2.45, 2.75) is 5.51 Å². The van der Waals surface area contributed by atoms with E-state index in [0.717, 1.165) is 12.1 Å². The van der Waals surface area contributed by atoms with Crippen molar-refractivity contribution < 1.29 is 58.2 Å². The van der Waals surface area contributed by atoms with Crippen LogP contribution in [0.5, 0.6) is 23.0 Å². The first-order chi connectivity index (χ1) is 15.1. The molecule has 0 aliphatic rings. The molecule has 0 aliphatic carbocycles. The summed E-state index contributed by atoms with van der Waals surface area (Å²) in [4.78, 5) is 20.7. The number of alkyl halides is 3. The Balaban J connectivity index is 0. The number of rotatable bonds is 6. The Morgan fingerprint density at radius 2 is 1.18 bits per heavy atom. The average molecular weight is 585 g/mol. The van der Waals surface area contributed by atoms with Crippen LogP contribution in [-0.2, 0) is 42.6 Å². The Morgan fingerprint density at radius 3 is 1.53 bits per heavy atom. The molecular weight excluding hydrogens is 569 g/mol. The number of hydrogen-bond donors (Lipinski definition) is 2. The SMILES string of the molecule is CS(=O)(=O)Oc1cc(C=O)cc(OS(=O)(=O)C(F)(F)F)c1.O=Cc1cc(O)cc(O)c1.S.S=S. The molecule has 0 amide bonds. The van der Waals surface area contributed by atoms with Gasteiger partial charge in [-0.15, -0.1) is 0 Å². The first-order valence-electron chi connectivity index (χ1n) is 7.71. The number of halogens is 3. The largest absolute Gasteiger partial charge is 0.534 e. The van der Waals surface area contributed by atoms with Gasteiger partial charge in [0.2, 0.25) is 0 Å². The van der Waals surface area contributed by atoms with Crippen LogP contribution in [0.1, 0.15) is 20.7 Å². The van der Waals surface area contributed by atoms with Crippen LogP contribution < -0.4 is 8.37 Å². The highest BCUT2D eigenvalue weighted by Gasteiger charge is 2.48. The molecule has 2 aromatic rings. The van der Waals surface area contributed by atoms with Crippen molar-refractivity contribution in [3.63, 3.8) is 0 Å². The molecule has 0 spiro atoms. The van der Waals surface area contributed by atoms with E-state index in [2.05, 4.69) is 30.7 Å². The van der Waals surface area contributed by atoms with Gasteiger partial charge in [-0.1, -0.05) is 0 Å². The molecule has 0 bridgehead atoms. The Labute approximate surface area is 208 Å². The lowest BCUT2D eigenvalue weighted by atomic mass is 10.2. The fourth-order valence-electron chi connectivity index (χ4n) is 1.79. The van der Waals surface area contributed by atoms with Crippen molar-refractivity contribution in [2.24, 2.45) is 0 Å². The zero-order valence-electron chi connectivity index (χ0n) is 16.5. The number of phenolic OH excluding ortho intramolecular Hbond substituents is 2. The highest BCUT2D eigenvalue weighted by atomic mass is 32.8. The van der Waals surface area contributed by atoms with Crippen LogP contribution in [0.25, 0.3) is 0 Å². The third kappa shape index (κ3) is 12.1. The lowest BCUT2D eigenvalue weighted by Gasteiger charge is -2.11. The van der Waals surface area contributed by atoms with E-state index < -0.39 is 37.2 Å². The molecule has 18 heteroatoms. The van der Waals surface area contributed by atoms with Crippen molar-refractivity contribution in [2.75, 3.05) is 6.26 Å². The fourth-order valence-corrected chi connectivity index (χ4v) is 2.68. The number of carbonyl (C=O) groups excluding carboxylic acids is 2. The van der Waals surface area contributed by atoms with Gasteiger partial charge in [0.15, 0.2) is 0 Å². The molecule has 0 aromatic heterocycles. The molecule has 0 radical (unpaired) electrons. The molecule has 0 fully saturated rings. The van der Waals surface area contributed by atoms with Gasteiger partial charge in [0, 0.05) is 45.6 Å². The first-order valence-corrected chi connectivity index (χ1v) is 12.3. The van der Waals surface area contributed by atoms with Gasteiger partial charge in [0.1, 0.15) is 35.6 Å². The summed E-state index contributed by atoms with van der Waals surface area (Å²) in [5.74, 6) is -1.71. The van der Waals surface area contributed by atoms with Gasteiger partial charge in [-0.3, -0.25) is 9.59 Å². The Morgan fingerprint density at radius 1 is 0.794 bits per heavy atom. The Kier molecular flexibility index (Phi) is 13.8. The highest BCUT2D eigenvalue weighted by molar-refractivity contribution is 8.07. The quantitative estimate of drug-likeness (QED) is 0.289. The van der Waals surface area contributed by atoms with E-state index in [9.17, 15) is 39.6 Å². The molecule has 0 saturated heterocycles. The number of benzene rings is 2. The van der Waals surface area contributed by atoms with Crippen molar-refractivity contribution in [1.82, 2.24) is 0 Å². The van der Waals surface area contributed by atoms with E-state index in [1.165, 1.54) is 12.1 Å². The number of phenols is 2. The summed E-state index contributed by atoms with van der Waals surface area (Å²) in [6.45, 7) is 0. The predicted octanol–water partition coefficient (Wildman–Crippen LogP) is 2.08. The second-order valence-electron chi connectivity index (χ2n) is 5.53. The smallest absolute Gasteiger partial charge is 0.508 e. The molecule has 0 aliphatic heterocycles. The van der Waals surface area contributed by atoms with Gasteiger partial charge < -0.3 is 18.6 Å². The molecular formula is C16H15F3O10S5. The minimum absolute atomic E-state index is 0. The molecule has 2 rings (SSSR count). The molecule has 34 heavy (non-hydrogen) atoms. The van der Waals surface area contributed by atoms with Crippen molar-refractivity contribution >= 4 is 68.7 Å². The second kappa shape index (κ2) is 14.0. The molecule has 2 N–H and O–H groups in total. The van der Waals surface area contributed by atoms with Gasteiger partial charge >= 0.3 is 25.7 Å². The zero-order chi connectivity index (χ0) is 26.0. The molecule has 2 aromatic carbocycles. The predicted molar refractivity (Wildman–Crippen MR) is 123 cm³/mol. The standard InChI is InChI=1S/C9H7F3O7S2.C7H6O3.S2.H2S/c1-20(14,15)18-7-2-6(5-13)3-8(4-7)19-21(16,17)9(10,11)12;8-4-5-1-6(9)3-7(10)2-5;1-2;/h2-5H,1H3;1-4,9-10H;;1H2. The molecule has 0 atom stereocenters. The summed E-state index contributed by atoms with van der Waals surface area (Å²) >= 11 is 7.33.